The Morgan fingerprint density at radius 1 is 0.972 bits per heavy atom. The first-order valence-corrected chi connectivity index (χ1v) is 12.2. The molecule has 4 nitrogen and oxygen atoms in total. The fourth-order valence-electron chi connectivity index (χ4n) is 7.30. The summed E-state index contributed by atoms with van der Waals surface area (Å²) in [5.74, 6) is -20.5. The molecule has 9 atom stereocenters. The lowest BCUT2D eigenvalue weighted by Crippen LogP contribution is -2.59. The Hall–Kier alpha value is -1.62. The molecule has 0 heterocycles. The standard InChI is InChI=1S/C24H30F8O4/c1-10-11(2)16-7-13(10)8-21(16,3)20(34)36-17-6-12-4-14(17)15(5-12)18(33)35-9-22(27,28)24(31,32)23(29,30)19(25)26/h10-17,19H,4-9H2,1-3H3. The van der Waals surface area contributed by atoms with Crippen molar-refractivity contribution in [2.75, 3.05) is 6.61 Å². The molecule has 4 rings (SSSR count). The first-order valence-electron chi connectivity index (χ1n) is 12.2. The van der Waals surface area contributed by atoms with Crippen LogP contribution < -0.4 is 0 Å². The van der Waals surface area contributed by atoms with Crippen LogP contribution >= 0.6 is 0 Å². The quantitative estimate of drug-likeness (QED) is 0.284. The Kier molecular flexibility index (Phi) is 6.63. The number of carbonyl (C=O) groups is 2. The van der Waals surface area contributed by atoms with Gasteiger partial charge in [0.25, 0.3) is 0 Å². The second-order valence-corrected chi connectivity index (χ2v) is 11.5. The van der Waals surface area contributed by atoms with Crippen LogP contribution in [0.2, 0.25) is 0 Å². The lowest BCUT2D eigenvalue weighted by molar-refractivity contribution is -0.344. The van der Waals surface area contributed by atoms with Gasteiger partial charge in [0, 0.05) is 5.92 Å². The second-order valence-electron chi connectivity index (χ2n) is 11.5. The van der Waals surface area contributed by atoms with E-state index in [1.54, 1.807) is 0 Å². The highest BCUT2D eigenvalue weighted by Crippen LogP contribution is 2.62. The lowest BCUT2D eigenvalue weighted by atomic mass is 9.67. The molecule has 0 N–H and O–H groups in total. The highest BCUT2D eigenvalue weighted by atomic mass is 19.4. The van der Waals surface area contributed by atoms with Crippen LogP contribution in [0, 0.1) is 46.8 Å². The zero-order valence-corrected chi connectivity index (χ0v) is 20.1. The van der Waals surface area contributed by atoms with Crippen LogP contribution in [0.3, 0.4) is 0 Å². The number of rotatable bonds is 8. The fourth-order valence-corrected chi connectivity index (χ4v) is 7.30. The van der Waals surface area contributed by atoms with Crippen molar-refractivity contribution in [1.29, 1.82) is 0 Å². The molecule has 0 aromatic rings. The number of fused-ring (bicyclic) bond motifs is 4. The van der Waals surface area contributed by atoms with E-state index in [-0.39, 0.29) is 24.2 Å². The van der Waals surface area contributed by atoms with Crippen molar-refractivity contribution in [3.63, 3.8) is 0 Å². The molecule has 4 aliphatic carbocycles. The van der Waals surface area contributed by atoms with E-state index in [1.165, 1.54) is 0 Å². The molecule has 0 radical (unpaired) electrons. The molecule has 9 unspecified atom stereocenters. The topological polar surface area (TPSA) is 52.6 Å². The normalized spacial score (nSPS) is 40.2. The second kappa shape index (κ2) is 8.71. The van der Waals surface area contributed by atoms with Crippen LogP contribution in [0.25, 0.3) is 0 Å². The Bertz CT molecular complexity index is 893. The van der Waals surface area contributed by atoms with Gasteiger partial charge in [-0.15, -0.1) is 0 Å². The van der Waals surface area contributed by atoms with Crippen molar-refractivity contribution in [1.82, 2.24) is 0 Å². The van der Waals surface area contributed by atoms with E-state index >= 15 is 0 Å². The van der Waals surface area contributed by atoms with Crippen molar-refractivity contribution in [2.24, 2.45) is 46.8 Å². The van der Waals surface area contributed by atoms with Crippen molar-refractivity contribution < 1.29 is 54.2 Å². The van der Waals surface area contributed by atoms with E-state index in [1.807, 2.05) is 6.92 Å². The largest absolute Gasteiger partial charge is 0.462 e. The van der Waals surface area contributed by atoms with E-state index in [2.05, 4.69) is 18.6 Å². The number of ether oxygens (including phenoxy) is 2. The zero-order chi connectivity index (χ0) is 27.0. The Morgan fingerprint density at radius 2 is 1.61 bits per heavy atom. The van der Waals surface area contributed by atoms with Gasteiger partial charge in [0.05, 0.1) is 11.3 Å². The SMILES string of the molecule is CC1C2CC(C1C)C(C)(C(=O)OC1CC3CC(C(=O)OCC(F)(F)C(F)(F)C(F)(F)C(F)F)C1C3)C2. The fraction of sp³-hybridized carbons (Fsp3) is 0.917. The minimum Gasteiger partial charge on any atom is -0.462 e. The van der Waals surface area contributed by atoms with Gasteiger partial charge in [0.2, 0.25) is 0 Å². The molecule has 0 saturated heterocycles. The molecule has 0 aromatic heterocycles. The maximum atomic E-state index is 13.8. The van der Waals surface area contributed by atoms with Gasteiger partial charge in [-0.05, 0) is 68.6 Å². The third-order valence-electron chi connectivity index (χ3n) is 9.60. The summed E-state index contributed by atoms with van der Waals surface area (Å²) >= 11 is 0. The predicted octanol–water partition coefficient (Wildman–Crippen LogP) is 5.98. The molecule has 4 aliphatic rings. The summed E-state index contributed by atoms with van der Waals surface area (Å²) in [7, 11) is 0. The maximum absolute atomic E-state index is 13.8. The van der Waals surface area contributed by atoms with E-state index in [0.717, 1.165) is 6.42 Å². The van der Waals surface area contributed by atoms with Crippen molar-refractivity contribution in [3.05, 3.63) is 0 Å². The maximum Gasteiger partial charge on any atom is 0.381 e. The minimum atomic E-state index is -6.44. The molecule has 0 spiro atoms. The lowest BCUT2D eigenvalue weighted by Gasteiger charge is -2.40. The molecule has 4 fully saturated rings. The third-order valence-corrected chi connectivity index (χ3v) is 9.60. The average Bonchev–Trinajstić information content (AvgIpc) is 3.53. The zero-order valence-electron chi connectivity index (χ0n) is 20.1. The predicted molar refractivity (Wildman–Crippen MR) is 109 cm³/mol. The summed E-state index contributed by atoms with van der Waals surface area (Å²) in [6.45, 7) is 3.68. The summed E-state index contributed by atoms with van der Waals surface area (Å²) in [5.41, 5.74) is -0.669. The van der Waals surface area contributed by atoms with Gasteiger partial charge in [-0.1, -0.05) is 13.8 Å². The van der Waals surface area contributed by atoms with Crippen molar-refractivity contribution in [3.8, 4) is 0 Å². The van der Waals surface area contributed by atoms with E-state index in [9.17, 15) is 44.7 Å². The van der Waals surface area contributed by atoms with Gasteiger partial charge in [-0.2, -0.15) is 26.3 Å². The summed E-state index contributed by atoms with van der Waals surface area (Å²) < 4.78 is 115. The highest BCUT2D eigenvalue weighted by Gasteiger charge is 2.75. The Balaban J connectivity index is 1.37. The van der Waals surface area contributed by atoms with E-state index < -0.39 is 60.1 Å². The number of carbonyl (C=O) groups excluding carboxylic acids is 2. The smallest absolute Gasteiger partial charge is 0.381 e. The molecule has 206 valence electrons. The van der Waals surface area contributed by atoms with Crippen LogP contribution in [-0.2, 0) is 19.1 Å². The van der Waals surface area contributed by atoms with Crippen LogP contribution in [0.5, 0.6) is 0 Å². The first-order chi connectivity index (χ1) is 16.4. The first kappa shape index (κ1) is 27.4. The Labute approximate surface area is 203 Å². The number of hydrogen-bond acceptors (Lipinski definition) is 4. The molecule has 0 aromatic carbocycles. The van der Waals surface area contributed by atoms with Gasteiger partial charge < -0.3 is 9.47 Å². The summed E-state index contributed by atoms with van der Waals surface area (Å²) in [4.78, 5) is 25.6. The molecule has 4 saturated carbocycles. The van der Waals surface area contributed by atoms with Gasteiger partial charge in [-0.3, -0.25) is 9.59 Å². The van der Waals surface area contributed by atoms with Crippen LogP contribution in [0.4, 0.5) is 35.1 Å². The number of alkyl halides is 8. The third kappa shape index (κ3) is 3.99. The molecule has 0 aliphatic heterocycles. The summed E-state index contributed by atoms with van der Waals surface area (Å²) in [5, 5.41) is 0. The van der Waals surface area contributed by atoms with Gasteiger partial charge >= 0.3 is 36.1 Å². The van der Waals surface area contributed by atoms with Crippen LogP contribution in [0.15, 0.2) is 0 Å². The summed E-state index contributed by atoms with van der Waals surface area (Å²) in [6, 6.07) is 0. The Morgan fingerprint density at radius 3 is 2.14 bits per heavy atom. The molecular formula is C24H30F8O4. The summed E-state index contributed by atoms with van der Waals surface area (Å²) in [6.07, 6.45) is -3.01. The van der Waals surface area contributed by atoms with Crippen LogP contribution in [0.1, 0.15) is 52.9 Å². The molecule has 12 heteroatoms. The van der Waals surface area contributed by atoms with Gasteiger partial charge in [-0.25, -0.2) is 8.78 Å². The van der Waals surface area contributed by atoms with Crippen molar-refractivity contribution in [2.45, 2.75) is 83.2 Å². The average molecular weight is 534 g/mol. The van der Waals surface area contributed by atoms with Gasteiger partial charge in [0.1, 0.15) is 6.10 Å². The molecule has 0 amide bonds. The van der Waals surface area contributed by atoms with E-state index in [0.29, 0.717) is 37.0 Å². The number of hydrogen-bond donors (Lipinski definition) is 0. The molecule has 4 bridgehead atoms. The van der Waals surface area contributed by atoms with Crippen LogP contribution in [-0.4, -0.2) is 48.8 Å². The molecule has 36 heavy (non-hydrogen) atoms. The highest BCUT2D eigenvalue weighted by molar-refractivity contribution is 5.78. The molecular weight excluding hydrogens is 504 g/mol. The number of halogens is 8. The van der Waals surface area contributed by atoms with Gasteiger partial charge in [0.15, 0.2) is 6.61 Å². The number of esters is 2. The van der Waals surface area contributed by atoms with E-state index in [4.69, 9.17) is 4.74 Å². The minimum absolute atomic E-state index is 0.0813. The monoisotopic (exact) mass is 534 g/mol. The van der Waals surface area contributed by atoms with Crippen molar-refractivity contribution >= 4 is 11.9 Å².